The number of nitrogens with zero attached hydrogens (tertiary/aromatic N) is 3. The van der Waals surface area contributed by atoms with Crippen molar-refractivity contribution in [3.63, 3.8) is 0 Å². The first-order valence-corrected chi connectivity index (χ1v) is 18.2. The summed E-state index contributed by atoms with van der Waals surface area (Å²) in [6.07, 6.45) is 1.88. The highest BCUT2D eigenvalue weighted by atomic mass is 16.5. The summed E-state index contributed by atoms with van der Waals surface area (Å²) in [5.41, 5.74) is 13.2. The van der Waals surface area contributed by atoms with Gasteiger partial charge in [-0.1, -0.05) is 74.5 Å². The summed E-state index contributed by atoms with van der Waals surface area (Å²) in [5, 5.41) is 8.58. The normalized spacial score (nSPS) is 14.9. The summed E-state index contributed by atoms with van der Waals surface area (Å²) in [4.78, 5) is 72.0. The number of hydrogen-bond donors (Lipinski definition) is 5. The summed E-state index contributed by atoms with van der Waals surface area (Å²) in [6, 6.07) is 15.5. The maximum absolute atomic E-state index is 13.9. The van der Waals surface area contributed by atoms with Gasteiger partial charge in [-0.3, -0.25) is 14.4 Å². The highest BCUT2D eigenvalue weighted by Crippen LogP contribution is 2.19. The van der Waals surface area contributed by atoms with Gasteiger partial charge < -0.3 is 46.9 Å². The topological polar surface area (TPSA) is 192 Å². The molecule has 0 aliphatic carbocycles. The zero-order valence-electron chi connectivity index (χ0n) is 31.1. The van der Waals surface area contributed by atoms with E-state index in [1.54, 1.807) is 21.6 Å². The van der Waals surface area contributed by atoms with Gasteiger partial charge in [0.05, 0.1) is 7.11 Å². The molecule has 1 aliphatic heterocycles. The van der Waals surface area contributed by atoms with Crippen molar-refractivity contribution < 1.29 is 28.7 Å². The summed E-state index contributed by atoms with van der Waals surface area (Å²) >= 11 is 0. The summed E-state index contributed by atoms with van der Waals surface area (Å²) < 4.78 is 4.96. The molecule has 1 fully saturated rings. The molecule has 2 aromatic carbocycles. The molecule has 0 saturated carbocycles. The van der Waals surface area contributed by atoms with Crippen LogP contribution in [0.5, 0.6) is 0 Å². The van der Waals surface area contributed by atoms with Crippen LogP contribution >= 0.6 is 0 Å². The maximum Gasteiger partial charge on any atom is 0.409 e. The third-order valence-corrected chi connectivity index (χ3v) is 9.10. The quantitative estimate of drug-likeness (QED) is 0.155. The monoisotopic (exact) mass is 722 g/mol. The molecule has 1 saturated heterocycles. The fourth-order valence-corrected chi connectivity index (χ4v) is 6.34. The predicted octanol–water partition coefficient (Wildman–Crippen LogP) is 2.21. The standard InChI is InChI=1S/C38H58N8O6/c1-27(2)24-32(34(47)41-28(3)36(49)44-21-16-31(17-22-44)46(20-11-18-39)38(51)52-4)42-35(48)33(25-29-12-7-5-8-13-29)43-37(50)45(23-19-40)26-30-14-9-6-10-15-30/h5-10,12-15,27-28,31-33H,11,16-26,39-40H2,1-4H3,(H,41,47)(H,42,48)(H,43,50)/t28-,32-,33-/m1/s1. The van der Waals surface area contributed by atoms with Crippen LogP contribution in [-0.4, -0.2) is 115 Å². The zero-order chi connectivity index (χ0) is 38.0. The van der Waals surface area contributed by atoms with E-state index in [4.69, 9.17) is 16.2 Å². The third-order valence-electron chi connectivity index (χ3n) is 9.10. The van der Waals surface area contributed by atoms with Crippen molar-refractivity contribution >= 4 is 29.8 Å². The Hall–Kier alpha value is -4.69. The number of carbonyl (C=O) groups is 5. The second kappa shape index (κ2) is 21.6. The molecule has 0 spiro atoms. The number of carbonyl (C=O) groups excluding carboxylic acids is 5. The Morgan fingerprint density at radius 2 is 1.40 bits per heavy atom. The van der Waals surface area contributed by atoms with Gasteiger partial charge in [0, 0.05) is 51.7 Å². The molecule has 0 aromatic heterocycles. The zero-order valence-corrected chi connectivity index (χ0v) is 31.1. The number of benzene rings is 2. The molecule has 14 nitrogen and oxygen atoms in total. The maximum atomic E-state index is 13.9. The van der Waals surface area contributed by atoms with Crippen molar-refractivity contribution in [3.05, 3.63) is 71.8 Å². The van der Waals surface area contributed by atoms with E-state index < -0.39 is 42.1 Å². The van der Waals surface area contributed by atoms with Crippen LogP contribution in [0.15, 0.2) is 60.7 Å². The molecule has 3 atom stereocenters. The van der Waals surface area contributed by atoms with Crippen LogP contribution in [0.1, 0.15) is 57.6 Å². The molecule has 6 amide bonds. The van der Waals surface area contributed by atoms with Crippen LogP contribution in [0.25, 0.3) is 0 Å². The van der Waals surface area contributed by atoms with Gasteiger partial charge >= 0.3 is 12.1 Å². The summed E-state index contributed by atoms with van der Waals surface area (Å²) in [7, 11) is 1.35. The number of methoxy groups -OCH3 is 1. The van der Waals surface area contributed by atoms with E-state index in [0.717, 1.165) is 11.1 Å². The summed E-state index contributed by atoms with van der Waals surface area (Å²) in [5.74, 6) is -1.22. The van der Waals surface area contributed by atoms with E-state index in [-0.39, 0.29) is 37.4 Å². The van der Waals surface area contributed by atoms with E-state index in [0.29, 0.717) is 58.4 Å². The van der Waals surface area contributed by atoms with Crippen molar-refractivity contribution in [2.75, 3.05) is 46.4 Å². The van der Waals surface area contributed by atoms with Crippen LogP contribution in [0, 0.1) is 5.92 Å². The SMILES string of the molecule is COC(=O)N(CCCN)C1CCN(C(=O)[C@@H](C)NC(=O)[C@@H](CC(C)C)NC(=O)[C@@H](Cc2ccccc2)NC(=O)N(CCN)Cc2ccccc2)CC1. The van der Waals surface area contributed by atoms with Crippen LogP contribution < -0.4 is 27.4 Å². The lowest BCUT2D eigenvalue weighted by Crippen LogP contribution is -2.58. The number of amides is 6. The van der Waals surface area contributed by atoms with Crippen LogP contribution in [0.2, 0.25) is 0 Å². The van der Waals surface area contributed by atoms with Gasteiger partial charge in [0.2, 0.25) is 17.7 Å². The second-order valence-corrected chi connectivity index (χ2v) is 13.7. The fraction of sp³-hybridized carbons (Fsp3) is 0.553. The third kappa shape index (κ3) is 13.1. The number of urea groups is 1. The Morgan fingerprint density at radius 1 is 0.808 bits per heavy atom. The molecule has 52 heavy (non-hydrogen) atoms. The number of rotatable bonds is 18. The van der Waals surface area contributed by atoms with E-state index in [1.807, 2.05) is 74.5 Å². The van der Waals surface area contributed by atoms with E-state index in [1.165, 1.54) is 7.11 Å². The molecular weight excluding hydrogens is 664 g/mol. The lowest BCUT2D eigenvalue weighted by molar-refractivity contribution is -0.138. The van der Waals surface area contributed by atoms with Crippen molar-refractivity contribution in [2.24, 2.45) is 17.4 Å². The van der Waals surface area contributed by atoms with Crippen molar-refractivity contribution in [1.82, 2.24) is 30.7 Å². The summed E-state index contributed by atoms with van der Waals surface area (Å²) in [6.45, 7) is 8.08. The lowest BCUT2D eigenvalue weighted by Gasteiger charge is -2.38. The van der Waals surface area contributed by atoms with Gasteiger partial charge in [0.15, 0.2) is 0 Å². The first-order chi connectivity index (χ1) is 25.0. The predicted molar refractivity (Wildman–Crippen MR) is 200 cm³/mol. The molecule has 1 aliphatic rings. The van der Waals surface area contributed by atoms with E-state index in [9.17, 15) is 24.0 Å². The fourth-order valence-electron chi connectivity index (χ4n) is 6.34. The molecular formula is C38H58N8O6. The van der Waals surface area contributed by atoms with Gasteiger partial charge in [0.25, 0.3) is 0 Å². The average molecular weight is 723 g/mol. The van der Waals surface area contributed by atoms with Gasteiger partial charge in [-0.25, -0.2) is 9.59 Å². The number of hydrogen-bond acceptors (Lipinski definition) is 8. The average Bonchev–Trinajstić information content (AvgIpc) is 3.14. The minimum Gasteiger partial charge on any atom is -0.453 e. The second-order valence-electron chi connectivity index (χ2n) is 13.7. The molecule has 3 rings (SSSR count). The molecule has 14 heteroatoms. The Bertz CT molecular complexity index is 1420. The van der Waals surface area contributed by atoms with Gasteiger partial charge in [-0.2, -0.15) is 0 Å². The number of nitrogens with one attached hydrogen (secondary N) is 3. The number of likely N-dealkylation sites (tertiary alicyclic amines) is 1. The lowest BCUT2D eigenvalue weighted by atomic mass is 10.0. The Kier molecular flexibility index (Phi) is 17.4. The largest absolute Gasteiger partial charge is 0.453 e. The molecule has 0 unspecified atom stereocenters. The van der Waals surface area contributed by atoms with Crippen LogP contribution in [0.3, 0.4) is 0 Å². The smallest absolute Gasteiger partial charge is 0.409 e. The Morgan fingerprint density at radius 3 is 1.96 bits per heavy atom. The Balaban J connectivity index is 1.69. The highest BCUT2D eigenvalue weighted by molar-refractivity contribution is 5.94. The van der Waals surface area contributed by atoms with E-state index >= 15 is 0 Å². The molecule has 0 radical (unpaired) electrons. The minimum absolute atomic E-state index is 0.0335. The molecule has 2 aromatic rings. The van der Waals surface area contributed by atoms with Crippen LogP contribution in [-0.2, 0) is 32.1 Å². The number of nitrogens with two attached hydrogens (primary N) is 2. The molecule has 1 heterocycles. The number of ether oxygens (including phenoxy) is 1. The highest BCUT2D eigenvalue weighted by Gasteiger charge is 2.34. The minimum atomic E-state index is -0.997. The van der Waals surface area contributed by atoms with Gasteiger partial charge in [-0.15, -0.1) is 0 Å². The van der Waals surface area contributed by atoms with Crippen molar-refractivity contribution in [1.29, 1.82) is 0 Å². The van der Waals surface area contributed by atoms with E-state index in [2.05, 4.69) is 16.0 Å². The molecule has 286 valence electrons. The first kappa shape index (κ1) is 41.7. The van der Waals surface area contributed by atoms with Gasteiger partial charge in [0.1, 0.15) is 18.1 Å². The molecule has 0 bridgehead atoms. The number of piperidine rings is 1. The van der Waals surface area contributed by atoms with Crippen molar-refractivity contribution in [2.45, 2.75) is 83.6 Å². The Labute approximate surface area is 308 Å². The van der Waals surface area contributed by atoms with Crippen molar-refractivity contribution in [3.8, 4) is 0 Å². The first-order valence-electron chi connectivity index (χ1n) is 18.2. The van der Waals surface area contributed by atoms with Gasteiger partial charge in [-0.05, 0) is 56.2 Å². The van der Waals surface area contributed by atoms with Crippen LogP contribution in [0.4, 0.5) is 9.59 Å². The molecule has 7 N–H and O–H groups in total.